The lowest BCUT2D eigenvalue weighted by Crippen LogP contribution is -2.17. The third-order valence-electron chi connectivity index (χ3n) is 13.1. The molecular weight excluding hydrogens is 649 g/mol. The van der Waals surface area contributed by atoms with Crippen molar-refractivity contribution in [2.45, 2.75) is 85.0 Å². The van der Waals surface area contributed by atoms with Gasteiger partial charge in [-0.2, -0.15) is 0 Å². The highest BCUT2D eigenvalue weighted by Gasteiger charge is 2.37. The Hall–Kier alpha value is -5.20. The molecule has 2 aliphatic rings. The highest BCUT2D eigenvalue weighted by molar-refractivity contribution is 6.24. The van der Waals surface area contributed by atoms with Gasteiger partial charge >= 0.3 is 0 Å². The Morgan fingerprint density at radius 3 is 1.24 bits per heavy atom. The maximum atomic E-state index is 2.47. The molecule has 266 valence electrons. The second kappa shape index (κ2) is 11.2. The van der Waals surface area contributed by atoms with Gasteiger partial charge in [0.1, 0.15) is 0 Å². The van der Waals surface area contributed by atoms with E-state index in [1.165, 1.54) is 110 Å². The molecule has 0 N–H and O–H groups in total. The van der Waals surface area contributed by atoms with Crippen molar-refractivity contribution in [3.63, 3.8) is 0 Å². The first-order valence-electron chi connectivity index (χ1n) is 20.0. The van der Waals surface area contributed by atoms with E-state index in [4.69, 9.17) is 0 Å². The first-order valence-corrected chi connectivity index (χ1v) is 20.0. The van der Waals surface area contributed by atoms with E-state index in [2.05, 4.69) is 184 Å². The molecule has 0 aromatic heterocycles. The molecule has 54 heavy (non-hydrogen) atoms. The minimum absolute atomic E-state index is 0.0319. The number of fused-ring (bicyclic) bond motifs is 6. The molecule has 8 aromatic rings. The number of benzene rings is 8. The molecule has 0 spiro atoms. The molecule has 0 bridgehead atoms. The van der Waals surface area contributed by atoms with Crippen LogP contribution in [0.25, 0.3) is 76.8 Å². The van der Waals surface area contributed by atoms with E-state index in [1.54, 1.807) is 0 Å². The minimum atomic E-state index is -0.0503. The summed E-state index contributed by atoms with van der Waals surface area (Å²) in [4.78, 5) is 0. The molecule has 2 aliphatic carbocycles. The molecule has 0 saturated heterocycles. The van der Waals surface area contributed by atoms with Crippen LogP contribution >= 0.6 is 0 Å². The van der Waals surface area contributed by atoms with E-state index in [0.29, 0.717) is 5.92 Å². The third kappa shape index (κ3) is 4.81. The summed E-state index contributed by atoms with van der Waals surface area (Å²) in [7, 11) is 0. The molecule has 0 fully saturated rings. The molecule has 0 nitrogen and oxygen atoms in total. The molecule has 0 heterocycles. The Morgan fingerprint density at radius 1 is 0.426 bits per heavy atom. The van der Waals surface area contributed by atoms with Gasteiger partial charge in [0.15, 0.2) is 0 Å². The smallest absolute Gasteiger partial charge is 0.0159 e. The highest BCUT2D eigenvalue weighted by atomic mass is 14.4. The number of hydrogen-bond donors (Lipinski definition) is 0. The van der Waals surface area contributed by atoms with Gasteiger partial charge in [-0.1, -0.05) is 147 Å². The van der Waals surface area contributed by atoms with Crippen molar-refractivity contribution in [1.29, 1.82) is 0 Å². The van der Waals surface area contributed by atoms with Crippen LogP contribution in [0.4, 0.5) is 0 Å². The van der Waals surface area contributed by atoms with E-state index in [0.717, 1.165) is 6.42 Å². The van der Waals surface area contributed by atoms with E-state index in [-0.39, 0.29) is 16.2 Å². The monoisotopic (exact) mass is 698 g/mol. The van der Waals surface area contributed by atoms with Gasteiger partial charge in [0.05, 0.1) is 0 Å². The lowest BCUT2D eigenvalue weighted by atomic mass is 9.78. The molecule has 8 aromatic carbocycles. The fourth-order valence-corrected chi connectivity index (χ4v) is 10.1. The summed E-state index contributed by atoms with van der Waals surface area (Å²) in [6.07, 6.45) is 1.12. The first kappa shape index (κ1) is 33.4. The van der Waals surface area contributed by atoms with Crippen molar-refractivity contribution in [2.75, 3.05) is 0 Å². The zero-order chi connectivity index (χ0) is 37.5. The van der Waals surface area contributed by atoms with Crippen LogP contribution in [0.1, 0.15) is 95.7 Å². The summed E-state index contributed by atoms with van der Waals surface area (Å²) >= 11 is 0. The van der Waals surface area contributed by atoms with E-state index in [9.17, 15) is 0 Å². The third-order valence-corrected chi connectivity index (χ3v) is 13.1. The fourth-order valence-electron chi connectivity index (χ4n) is 10.1. The van der Waals surface area contributed by atoms with Gasteiger partial charge < -0.3 is 0 Å². The standard InChI is InChI=1S/C54H50/c1-31(2)22-32-10-18-42-43-19-15-33(28-47(43)53(6,7)46(42)23-32)39-24-35-11-13-37-26-40(27-38-14-12-36(25-39)50(35)51(37)38)34-16-20-44-45-21-17-41(52(3,4)5)30-49(45)54(8,9)48(44)29-34/h10-21,23-31H,22H2,1-9H3. The van der Waals surface area contributed by atoms with Gasteiger partial charge in [-0.25, -0.2) is 0 Å². The summed E-state index contributed by atoms with van der Waals surface area (Å²) in [5, 5.41) is 7.96. The van der Waals surface area contributed by atoms with Crippen LogP contribution in [0.2, 0.25) is 0 Å². The predicted molar refractivity (Wildman–Crippen MR) is 233 cm³/mol. The normalized spacial score (nSPS) is 15.3. The second-order valence-corrected chi connectivity index (χ2v) is 19.0. The van der Waals surface area contributed by atoms with Gasteiger partial charge in [0, 0.05) is 10.8 Å². The van der Waals surface area contributed by atoms with Gasteiger partial charge in [0.25, 0.3) is 0 Å². The summed E-state index contributed by atoms with van der Waals surface area (Å²) in [5.74, 6) is 0.651. The van der Waals surface area contributed by atoms with Crippen molar-refractivity contribution in [3.05, 3.63) is 155 Å². The van der Waals surface area contributed by atoms with Gasteiger partial charge in [-0.05, 0) is 164 Å². The zero-order valence-corrected chi connectivity index (χ0v) is 33.3. The topological polar surface area (TPSA) is 0 Å². The average Bonchev–Trinajstić information content (AvgIpc) is 3.51. The SMILES string of the molecule is CC(C)Cc1ccc2c(c1)C(C)(C)c1cc(-c3cc4ccc5cc(-c6ccc7c(c6)C(C)(C)c6cc(C(C)(C)C)ccc6-7)cc6ccc(c3)c4c56)ccc1-2. The zero-order valence-electron chi connectivity index (χ0n) is 33.3. The van der Waals surface area contributed by atoms with Crippen molar-refractivity contribution in [1.82, 2.24) is 0 Å². The van der Waals surface area contributed by atoms with E-state index >= 15 is 0 Å². The number of hydrogen-bond acceptors (Lipinski definition) is 0. The summed E-state index contributed by atoms with van der Waals surface area (Å²) in [6.45, 7) is 21.1. The molecule has 0 aliphatic heterocycles. The van der Waals surface area contributed by atoms with Crippen LogP contribution in [0.3, 0.4) is 0 Å². The Morgan fingerprint density at radius 2 is 0.815 bits per heavy atom. The van der Waals surface area contributed by atoms with Crippen molar-refractivity contribution in [2.24, 2.45) is 5.92 Å². The Bertz CT molecular complexity index is 2780. The van der Waals surface area contributed by atoms with Crippen LogP contribution < -0.4 is 0 Å². The summed E-state index contributed by atoms with van der Waals surface area (Å²) in [6, 6.07) is 47.7. The van der Waals surface area contributed by atoms with Gasteiger partial charge in [-0.3, -0.25) is 0 Å². The number of rotatable bonds is 4. The molecule has 0 atom stereocenters. The highest BCUT2D eigenvalue weighted by Crippen LogP contribution is 2.52. The van der Waals surface area contributed by atoms with Crippen LogP contribution in [0.15, 0.2) is 121 Å². The predicted octanol–water partition coefficient (Wildman–Crippen LogP) is 15.0. The Labute approximate surface area is 321 Å². The minimum Gasteiger partial charge on any atom is -0.0625 e. The molecule has 0 amide bonds. The van der Waals surface area contributed by atoms with Crippen molar-refractivity contribution >= 4 is 32.3 Å². The van der Waals surface area contributed by atoms with E-state index < -0.39 is 0 Å². The molecule has 10 rings (SSSR count). The molecular formula is C54H50. The first-order chi connectivity index (χ1) is 25.7. The van der Waals surface area contributed by atoms with E-state index in [1.807, 2.05) is 0 Å². The van der Waals surface area contributed by atoms with Crippen LogP contribution in [-0.4, -0.2) is 0 Å². The Kier molecular flexibility index (Phi) is 6.91. The van der Waals surface area contributed by atoms with Gasteiger partial charge in [0.2, 0.25) is 0 Å². The summed E-state index contributed by atoms with van der Waals surface area (Å²) < 4.78 is 0. The fraction of sp³-hybridized carbons (Fsp3) is 0.259. The lowest BCUT2D eigenvalue weighted by molar-refractivity contribution is 0.584. The Balaban J connectivity index is 1.03. The van der Waals surface area contributed by atoms with Crippen molar-refractivity contribution in [3.8, 4) is 44.5 Å². The average molecular weight is 699 g/mol. The maximum Gasteiger partial charge on any atom is 0.0159 e. The molecule has 0 saturated carbocycles. The lowest BCUT2D eigenvalue weighted by Gasteiger charge is -2.25. The van der Waals surface area contributed by atoms with Gasteiger partial charge in [-0.15, -0.1) is 0 Å². The van der Waals surface area contributed by atoms with Crippen molar-refractivity contribution < 1.29 is 0 Å². The second-order valence-electron chi connectivity index (χ2n) is 19.0. The molecule has 0 unspecified atom stereocenters. The summed E-state index contributed by atoms with van der Waals surface area (Å²) in [5.41, 5.74) is 19.3. The van der Waals surface area contributed by atoms with Crippen LogP contribution in [-0.2, 0) is 22.7 Å². The molecule has 0 radical (unpaired) electrons. The quantitative estimate of drug-likeness (QED) is 0.161. The van der Waals surface area contributed by atoms with Crippen LogP contribution in [0.5, 0.6) is 0 Å². The maximum absolute atomic E-state index is 2.47. The van der Waals surface area contributed by atoms with Crippen LogP contribution in [0, 0.1) is 5.92 Å². The molecule has 0 heteroatoms. The largest absolute Gasteiger partial charge is 0.0625 e.